The van der Waals surface area contributed by atoms with E-state index in [0.29, 0.717) is 15.7 Å². The van der Waals surface area contributed by atoms with Crippen LogP contribution in [0.25, 0.3) is 0 Å². The number of hydrogen-bond acceptors (Lipinski definition) is 4. The third-order valence-corrected chi connectivity index (χ3v) is 6.65. The van der Waals surface area contributed by atoms with Gasteiger partial charge < -0.3 is 20.5 Å². The number of aliphatic hydroxyl groups is 1. The minimum absolute atomic E-state index is 0.115. The van der Waals surface area contributed by atoms with Gasteiger partial charge in [0.1, 0.15) is 0 Å². The van der Waals surface area contributed by atoms with Crippen molar-refractivity contribution in [3.05, 3.63) is 63.2 Å². The van der Waals surface area contributed by atoms with Gasteiger partial charge in [0, 0.05) is 10.7 Å². The molecule has 2 aromatic carbocycles. The molecule has 4 rings (SSSR count). The molecule has 0 saturated heterocycles. The standard InChI is InChI=1S/C24H27ClN2O3S/c1-2-30-22(28)24(29,17-9-11-18(25)12-10-17)14-26-23(31)27-21-19-7-3-5-15(19)13-16-6-4-8-20(16)21/h9-13,29H,2-8,14H2,1H3,(H2,26,27,31). The van der Waals surface area contributed by atoms with Crippen molar-refractivity contribution in [2.45, 2.75) is 51.0 Å². The van der Waals surface area contributed by atoms with Gasteiger partial charge >= 0.3 is 5.97 Å². The Kier molecular flexibility index (Phi) is 6.51. The molecular weight excluding hydrogens is 432 g/mol. The van der Waals surface area contributed by atoms with Crippen molar-refractivity contribution in [2.24, 2.45) is 0 Å². The predicted molar refractivity (Wildman–Crippen MR) is 127 cm³/mol. The van der Waals surface area contributed by atoms with Gasteiger partial charge in [0.05, 0.1) is 13.2 Å². The molecule has 31 heavy (non-hydrogen) atoms. The van der Waals surface area contributed by atoms with Gasteiger partial charge in [-0.25, -0.2) is 4.79 Å². The summed E-state index contributed by atoms with van der Waals surface area (Å²) >= 11 is 11.5. The van der Waals surface area contributed by atoms with Crippen molar-refractivity contribution >= 4 is 40.6 Å². The van der Waals surface area contributed by atoms with Gasteiger partial charge in [0.2, 0.25) is 5.60 Å². The van der Waals surface area contributed by atoms with E-state index >= 15 is 0 Å². The first-order valence-corrected chi connectivity index (χ1v) is 11.6. The number of nitrogens with one attached hydrogen (secondary N) is 2. The molecule has 0 spiro atoms. The molecule has 0 heterocycles. The van der Waals surface area contributed by atoms with Gasteiger partial charge in [0.25, 0.3) is 0 Å². The van der Waals surface area contributed by atoms with Crippen molar-refractivity contribution in [1.82, 2.24) is 5.32 Å². The number of carbonyl (C=O) groups is 1. The number of hydrogen-bond donors (Lipinski definition) is 3. The van der Waals surface area contributed by atoms with E-state index in [4.69, 9.17) is 28.6 Å². The lowest BCUT2D eigenvalue weighted by Gasteiger charge is -2.27. The minimum Gasteiger partial charge on any atom is -0.464 e. The number of halogens is 1. The van der Waals surface area contributed by atoms with Crippen LogP contribution < -0.4 is 10.6 Å². The summed E-state index contributed by atoms with van der Waals surface area (Å²) in [6, 6.07) is 8.87. The molecule has 0 radical (unpaired) electrons. The number of rotatable bonds is 6. The Hall–Kier alpha value is -2.15. The molecule has 0 saturated carbocycles. The number of ether oxygens (including phenoxy) is 1. The lowest BCUT2D eigenvalue weighted by molar-refractivity contribution is -0.165. The van der Waals surface area contributed by atoms with E-state index in [-0.39, 0.29) is 13.2 Å². The number of esters is 1. The van der Waals surface area contributed by atoms with E-state index in [1.807, 2.05) is 0 Å². The first-order valence-electron chi connectivity index (χ1n) is 10.8. The molecule has 0 amide bonds. The highest BCUT2D eigenvalue weighted by Crippen LogP contribution is 2.38. The van der Waals surface area contributed by atoms with E-state index in [0.717, 1.165) is 44.2 Å². The molecule has 0 aliphatic heterocycles. The van der Waals surface area contributed by atoms with Crippen molar-refractivity contribution in [2.75, 3.05) is 18.5 Å². The van der Waals surface area contributed by atoms with Gasteiger partial charge in [-0.05, 0) is 97.6 Å². The largest absolute Gasteiger partial charge is 0.464 e. The number of aryl methyl sites for hydroxylation is 2. The van der Waals surface area contributed by atoms with Crippen molar-refractivity contribution in [3.63, 3.8) is 0 Å². The second kappa shape index (κ2) is 9.15. The van der Waals surface area contributed by atoms with E-state index in [1.54, 1.807) is 31.2 Å². The van der Waals surface area contributed by atoms with Gasteiger partial charge in [-0.1, -0.05) is 29.8 Å². The summed E-state index contributed by atoms with van der Waals surface area (Å²) in [5, 5.41) is 18.6. The first-order chi connectivity index (χ1) is 14.9. The topological polar surface area (TPSA) is 70.6 Å². The average Bonchev–Trinajstić information content (AvgIpc) is 3.42. The third kappa shape index (κ3) is 4.43. The van der Waals surface area contributed by atoms with E-state index in [2.05, 4.69) is 16.7 Å². The smallest absolute Gasteiger partial charge is 0.344 e. The van der Waals surface area contributed by atoms with Crippen LogP contribution in [0.15, 0.2) is 30.3 Å². The van der Waals surface area contributed by atoms with Crippen molar-refractivity contribution in [3.8, 4) is 0 Å². The zero-order chi connectivity index (χ0) is 22.0. The normalized spacial score (nSPS) is 16.2. The highest BCUT2D eigenvalue weighted by molar-refractivity contribution is 7.80. The van der Waals surface area contributed by atoms with Crippen LogP contribution in [0.3, 0.4) is 0 Å². The summed E-state index contributed by atoms with van der Waals surface area (Å²) in [6.45, 7) is 1.76. The Balaban J connectivity index is 1.53. The molecule has 0 aromatic heterocycles. The fourth-order valence-corrected chi connectivity index (χ4v) is 4.90. The van der Waals surface area contributed by atoms with E-state index in [9.17, 15) is 9.90 Å². The predicted octanol–water partition coefficient (Wildman–Crippen LogP) is 4.05. The summed E-state index contributed by atoms with van der Waals surface area (Å²) in [5.74, 6) is -0.728. The van der Waals surface area contributed by atoms with E-state index in [1.165, 1.54) is 22.3 Å². The SMILES string of the molecule is CCOC(=O)C(O)(CNC(=S)Nc1c2c(cc3c1CCC3)CCC2)c1ccc(Cl)cc1. The fourth-order valence-electron chi connectivity index (χ4n) is 4.60. The molecule has 0 bridgehead atoms. The van der Waals surface area contributed by atoms with Crippen molar-refractivity contribution < 1.29 is 14.6 Å². The number of thiocarbonyl (C=S) groups is 1. The first kappa shape index (κ1) is 22.1. The van der Waals surface area contributed by atoms with Crippen LogP contribution in [0.4, 0.5) is 5.69 Å². The van der Waals surface area contributed by atoms with Crippen LogP contribution in [-0.4, -0.2) is 29.3 Å². The van der Waals surface area contributed by atoms with Crippen molar-refractivity contribution in [1.29, 1.82) is 0 Å². The highest BCUT2D eigenvalue weighted by Gasteiger charge is 2.40. The Morgan fingerprint density at radius 1 is 1.13 bits per heavy atom. The van der Waals surface area contributed by atoms with Crippen LogP contribution in [0.2, 0.25) is 5.02 Å². The number of benzene rings is 2. The summed E-state index contributed by atoms with van der Waals surface area (Å²) in [5.41, 5.74) is 5.15. The zero-order valence-corrected chi connectivity index (χ0v) is 19.2. The zero-order valence-electron chi connectivity index (χ0n) is 17.6. The van der Waals surface area contributed by atoms with E-state index < -0.39 is 11.6 Å². The maximum atomic E-state index is 12.6. The third-order valence-electron chi connectivity index (χ3n) is 6.15. The van der Waals surface area contributed by atoms with Crippen LogP contribution in [0.5, 0.6) is 0 Å². The number of carbonyl (C=O) groups excluding carboxylic acids is 1. The summed E-state index contributed by atoms with van der Waals surface area (Å²) in [7, 11) is 0. The lowest BCUT2D eigenvalue weighted by atomic mass is 9.94. The molecule has 164 valence electrons. The second-order valence-corrected chi connectivity index (χ2v) is 8.97. The molecule has 7 heteroatoms. The maximum absolute atomic E-state index is 12.6. The number of fused-ring (bicyclic) bond motifs is 2. The molecule has 2 aliphatic carbocycles. The summed E-state index contributed by atoms with van der Waals surface area (Å²) in [6.07, 6.45) is 6.63. The molecule has 0 fully saturated rings. The van der Waals surface area contributed by atoms with Crippen LogP contribution in [0.1, 0.15) is 47.6 Å². The van der Waals surface area contributed by atoms with Crippen LogP contribution >= 0.6 is 23.8 Å². The summed E-state index contributed by atoms with van der Waals surface area (Å²) in [4.78, 5) is 12.6. The molecule has 2 aromatic rings. The Morgan fingerprint density at radius 3 is 2.32 bits per heavy atom. The minimum atomic E-state index is -1.88. The Labute approximate surface area is 193 Å². The average molecular weight is 459 g/mol. The molecule has 2 aliphatic rings. The fraction of sp³-hybridized carbons (Fsp3) is 0.417. The summed E-state index contributed by atoms with van der Waals surface area (Å²) < 4.78 is 5.14. The van der Waals surface area contributed by atoms with Gasteiger partial charge in [-0.2, -0.15) is 0 Å². The quantitative estimate of drug-likeness (QED) is 0.448. The highest BCUT2D eigenvalue weighted by atomic mass is 35.5. The second-order valence-electron chi connectivity index (χ2n) is 8.13. The monoisotopic (exact) mass is 458 g/mol. The maximum Gasteiger partial charge on any atom is 0.344 e. The molecule has 1 atom stereocenters. The van der Waals surface area contributed by atoms with Gasteiger partial charge in [-0.3, -0.25) is 0 Å². The Morgan fingerprint density at radius 2 is 1.74 bits per heavy atom. The Bertz CT molecular complexity index is 977. The molecule has 5 nitrogen and oxygen atoms in total. The number of anilines is 1. The molecule has 3 N–H and O–H groups in total. The van der Waals surface area contributed by atoms with Gasteiger partial charge in [0.15, 0.2) is 5.11 Å². The van der Waals surface area contributed by atoms with Gasteiger partial charge in [-0.15, -0.1) is 0 Å². The lowest BCUT2D eigenvalue weighted by Crippen LogP contribution is -2.48. The molecule has 1 unspecified atom stereocenters. The van der Waals surface area contributed by atoms with Crippen LogP contribution in [-0.2, 0) is 40.8 Å². The van der Waals surface area contributed by atoms with Crippen LogP contribution in [0, 0.1) is 0 Å². The molecular formula is C24H27ClN2O3S.